The first kappa shape index (κ1) is 17.0. The average molecular weight is 304 g/mol. The molecule has 0 bridgehead atoms. The second-order valence-corrected chi connectivity index (χ2v) is 7.71. The van der Waals surface area contributed by atoms with E-state index in [9.17, 15) is 13.2 Å². The van der Waals surface area contributed by atoms with Crippen LogP contribution < -0.4 is 4.72 Å². The van der Waals surface area contributed by atoms with Crippen molar-refractivity contribution in [2.45, 2.75) is 39.2 Å². The number of amides is 1. The summed E-state index contributed by atoms with van der Waals surface area (Å²) in [5, 5.41) is 0.890. The lowest BCUT2D eigenvalue weighted by Gasteiger charge is -2.34. The van der Waals surface area contributed by atoms with Gasteiger partial charge in [-0.25, -0.2) is 17.9 Å². The van der Waals surface area contributed by atoms with E-state index in [1.165, 1.54) is 0 Å². The maximum absolute atomic E-state index is 12.0. The fraction of sp³-hybridized carbons (Fsp3) is 0.769. The first-order valence-corrected chi connectivity index (χ1v) is 8.27. The molecule has 1 fully saturated rings. The Morgan fingerprint density at radius 3 is 2.70 bits per heavy atom. The van der Waals surface area contributed by atoms with E-state index in [4.69, 9.17) is 4.74 Å². The molecule has 1 aliphatic heterocycles. The van der Waals surface area contributed by atoms with Crippen LogP contribution in [0.25, 0.3) is 0 Å². The van der Waals surface area contributed by atoms with Gasteiger partial charge in [-0.3, -0.25) is 0 Å². The maximum Gasteiger partial charge on any atom is 0.410 e. The number of nitrogens with zero attached hydrogens (tertiary/aromatic N) is 1. The second kappa shape index (κ2) is 6.58. The Morgan fingerprint density at radius 1 is 1.50 bits per heavy atom. The fourth-order valence-electron chi connectivity index (χ4n) is 2.02. The Hall–Kier alpha value is -1.08. The molecule has 0 spiro atoms. The van der Waals surface area contributed by atoms with E-state index in [0.717, 1.165) is 18.2 Å². The van der Waals surface area contributed by atoms with Gasteiger partial charge in [0.2, 0.25) is 10.0 Å². The number of ether oxygens (including phenoxy) is 1. The molecule has 7 heteroatoms. The molecule has 1 amide bonds. The highest BCUT2D eigenvalue weighted by atomic mass is 32.2. The van der Waals surface area contributed by atoms with Gasteiger partial charge in [0.25, 0.3) is 0 Å². The summed E-state index contributed by atoms with van der Waals surface area (Å²) in [6, 6.07) is 0. The molecule has 0 aromatic rings. The maximum atomic E-state index is 12.0. The van der Waals surface area contributed by atoms with Crippen molar-refractivity contribution in [3.05, 3.63) is 12.0 Å². The van der Waals surface area contributed by atoms with Gasteiger partial charge in [0.05, 0.1) is 0 Å². The number of likely N-dealkylation sites (tertiary alicyclic amines) is 1. The van der Waals surface area contributed by atoms with Crippen molar-refractivity contribution in [1.82, 2.24) is 9.62 Å². The monoisotopic (exact) mass is 304 g/mol. The van der Waals surface area contributed by atoms with Crippen LogP contribution in [-0.2, 0) is 14.8 Å². The standard InChI is InChI=1S/C13H24N2O4S/c1-5-20(17,18)14-9-11-7-6-8-15(10-11)12(16)19-13(2,3)4/h5,11,14H,1,6-10H2,2-4H3/t11-/m1/s1. The van der Waals surface area contributed by atoms with E-state index in [-0.39, 0.29) is 12.0 Å². The zero-order valence-electron chi connectivity index (χ0n) is 12.4. The SMILES string of the molecule is C=CS(=O)(=O)NC[C@H]1CCCN(C(=O)OC(C)(C)C)C1. The number of hydrogen-bond donors (Lipinski definition) is 1. The predicted octanol–water partition coefficient (Wildman–Crippen LogP) is 1.70. The molecule has 1 rings (SSSR count). The lowest BCUT2D eigenvalue weighted by Crippen LogP contribution is -2.45. The van der Waals surface area contributed by atoms with Crippen LogP contribution in [0.1, 0.15) is 33.6 Å². The summed E-state index contributed by atoms with van der Waals surface area (Å²) in [6.45, 7) is 10.2. The minimum Gasteiger partial charge on any atom is -0.444 e. The number of nitrogens with one attached hydrogen (secondary N) is 1. The Kier molecular flexibility index (Phi) is 5.59. The number of rotatable bonds is 4. The topological polar surface area (TPSA) is 75.7 Å². The van der Waals surface area contributed by atoms with Gasteiger partial charge >= 0.3 is 6.09 Å². The smallest absolute Gasteiger partial charge is 0.410 e. The van der Waals surface area contributed by atoms with Gasteiger partial charge in [-0.2, -0.15) is 0 Å². The molecule has 0 radical (unpaired) electrons. The first-order chi connectivity index (χ1) is 9.13. The van der Waals surface area contributed by atoms with Crippen LogP contribution in [0.2, 0.25) is 0 Å². The van der Waals surface area contributed by atoms with Crippen molar-refractivity contribution < 1.29 is 17.9 Å². The van der Waals surface area contributed by atoms with E-state index in [0.29, 0.717) is 19.6 Å². The van der Waals surface area contributed by atoms with Gasteiger partial charge in [-0.15, -0.1) is 0 Å². The van der Waals surface area contributed by atoms with Crippen molar-refractivity contribution in [2.75, 3.05) is 19.6 Å². The van der Waals surface area contributed by atoms with E-state index >= 15 is 0 Å². The molecule has 1 heterocycles. The molecule has 20 heavy (non-hydrogen) atoms. The van der Waals surface area contributed by atoms with Crippen molar-refractivity contribution in [2.24, 2.45) is 5.92 Å². The molecule has 1 N–H and O–H groups in total. The highest BCUT2D eigenvalue weighted by Gasteiger charge is 2.27. The number of sulfonamides is 1. The molecule has 0 aromatic carbocycles. The van der Waals surface area contributed by atoms with Crippen molar-refractivity contribution >= 4 is 16.1 Å². The molecule has 0 aliphatic carbocycles. The number of hydrogen-bond acceptors (Lipinski definition) is 4. The summed E-state index contributed by atoms with van der Waals surface area (Å²) in [7, 11) is -3.41. The van der Waals surface area contributed by atoms with Gasteiger partial charge in [-0.1, -0.05) is 6.58 Å². The van der Waals surface area contributed by atoms with Gasteiger partial charge in [0.15, 0.2) is 0 Å². The second-order valence-electron chi connectivity index (χ2n) is 5.99. The van der Waals surface area contributed by atoms with Crippen LogP contribution in [0.15, 0.2) is 12.0 Å². The molecule has 0 unspecified atom stereocenters. The van der Waals surface area contributed by atoms with E-state index in [2.05, 4.69) is 11.3 Å². The van der Waals surface area contributed by atoms with Crippen LogP contribution in [0.4, 0.5) is 4.79 Å². The third-order valence-electron chi connectivity index (χ3n) is 2.96. The number of carbonyl (C=O) groups is 1. The third kappa shape index (κ3) is 5.92. The summed E-state index contributed by atoms with van der Waals surface area (Å²) in [6.07, 6.45) is 1.40. The first-order valence-electron chi connectivity index (χ1n) is 6.73. The molecule has 1 aliphatic rings. The molecule has 116 valence electrons. The van der Waals surface area contributed by atoms with Crippen molar-refractivity contribution in [1.29, 1.82) is 0 Å². The minimum absolute atomic E-state index is 0.103. The Bertz CT molecular complexity index is 453. The minimum atomic E-state index is -3.41. The predicted molar refractivity (Wildman–Crippen MR) is 77.7 cm³/mol. The highest BCUT2D eigenvalue weighted by molar-refractivity contribution is 7.92. The van der Waals surface area contributed by atoms with Crippen LogP contribution in [0, 0.1) is 5.92 Å². The third-order valence-corrected chi connectivity index (χ3v) is 3.97. The zero-order valence-corrected chi connectivity index (χ0v) is 13.2. The molecule has 0 aromatic heterocycles. The molecule has 1 atom stereocenters. The summed E-state index contributed by atoms with van der Waals surface area (Å²) in [5.41, 5.74) is -0.519. The van der Waals surface area contributed by atoms with E-state index in [1.54, 1.807) is 4.90 Å². The zero-order chi connectivity index (χ0) is 15.4. The number of piperidine rings is 1. The lowest BCUT2D eigenvalue weighted by molar-refractivity contribution is 0.0169. The molecule has 0 saturated carbocycles. The van der Waals surface area contributed by atoms with Crippen molar-refractivity contribution in [3.63, 3.8) is 0 Å². The quantitative estimate of drug-likeness (QED) is 0.857. The van der Waals surface area contributed by atoms with Crippen LogP contribution >= 0.6 is 0 Å². The average Bonchev–Trinajstić information content (AvgIpc) is 2.35. The van der Waals surface area contributed by atoms with Gasteiger partial charge in [0.1, 0.15) is 5.60 Å². The van der Waals surface area contributed by atoms with Gasteiger partial charge < -0.3 is 9.64 Å². The van der Waals surface area contributed by atoms with Crippen molar-refractivity contribution in [3.8, 4) is 0 Å². The van der Waals surface area contributed by atoms with Crippen LogP contribution in [-0.4, -0.2) is 44.6 Å². The van der Waals surface area contributed by atoms with E-state index in [1.807, 2.05) is 20.8 Å². The molecule has 6 nitrogen and oxygen atoms in total. The van der Waals surface area contributed by atoms with Crippen LogP contribution in [0.5, 0.6) is 0 Å². The summed E-state index contributed by atoms with van der Waals surface area (Å²) < 4.78 is 30.4. The molecular formula is C13H24N2O4S. The van der Waals surface area contributed by atoms with Gasteiger partial charge in [0, 0.05) is 25.0 Å². The normalized spacial score (nSPS) is 20.6. The number of carbonyl (C=O) groups excluding carboxylic acids is 1. The Labute approximate surface area is 121 Å². The fourth-order valence-corrected chi connectivity index (χ4v) is 2.60. The largest absolute Gasteiger partial charge is 0.444 e. The van der Waals surface area contributed by atoms with Crippen LogP contribution in [0.3, 0.4) is 0 Å². The Morgan fingerprint density at radius 2 is 2.15 bits per heavy atom. The highest BCUT2D eigenvalue weighted by Crippen LogP contribution is 2.19. The van der Waals surface area contributed by atoms with E-state index < -0.39 is 15.6 Å². The summed E-state index contributed by atoms with van der Waals surface area (Å²) in [5.74, 6) is 0.103. The Balaban J connectivity index is 2.50. The summed E-state index contributed by atoms with van der Waals surface area (Å²) >= 11 is 0. The van der Waals surface area contributed by atoms with Gasteiger partial charge in [-0.05, 0) is 39.5 Å². The molecule has 1 saturated heterocycles. The molecular weight excluding hydrogens is 280 g/mol. The summed E-state index contributed by atoms with van der Waals surface area (Å²) in [4.78, 5) is 13.6. The lowest BCUT2D eigenvalue weighted by atomic mass is 9.99.